The summed E-state index contributed by atoms with van der Waals surface area (Å²) < 4.78 is 34.9. The van der Waals surface area contributed by atoms with Crippen LogP contribution in [0, 0.1) is 17.8 Å². The number of likely N-dealkylation sites (tertiary alicyclic amines) is 2. The molecule has 2 atom stereocenters. The van der Waals surface area contributed by atoms with Crippen molar-refractivity contribution < 1.29 is 27.8 Å². The molecule has 0 aliphatic carbocycles. The lowest BCUT2D eigenvalue weighted by Gasteiger charge is -2.45. The molecule has 29 heavy (non-hydrogen) atoms. The van der Waals surface area contributed by atoms with Gasteiger partial charge < -0.3 is 24.6 Å². The molecular weight excluding hydrogens is 384 g/mol. The molecule has 0 unspecified atom stereocenters. The maximum absolute atomic E-state index is 12.7. The van der Waals surface area contributed by atoms with Gasteiger partial charge in [0.05, 0.1) is 23.6 Å². The third-order valence-electron chi connectivity index (χ3n) is 5.26. The van der Waals surface area contributed by atoms with Crippen LogP contribution in [-0.4, -0.2) is 73.3 Å². The van der Waals surface area contributed by atoms with E-state index in [1.54, 1.807) is 28.0 Å². The van der Waals surface area contributed by atoms with Crippen molar-refractivity contribution in [3.63, 3.8) is 0 Å². The van der Waals surface area contributed by atoms with Crippen molar-refractivity contribution in [2.24, 2.45) is 5.92 Å². The molecule has 3 aliphatic rings. The molecule has 3 fully saturated rings. The molecule has 154 valence electrons. The second kappa shape index (κ2) is 8.25. The summed E-state index contributed by atoms with van der Waals surface area (Å²) in [6.07, 6.45) is 0.650. The first-order valence-corrected chi connectivity index (χ1v) is 9.50. The van der Waals surface area contributed by atoms with Crippen LogP contribution in [0.3, 0.4) is 0 Å². The monoisotopic (exact) mass is 405 g/mol. The van der Waals surface area contributed by atoms with Crippen molar-refractivity contribution in [2.45, 2.75) is 25.2 Å². The molecule has 0 spiro atoms. The lowest BCUT2D eigenvalue weighted by atomic mass is 9.98. The van der Waals surface area contributed by atoms with Crippen LogP contribution in [0.15, 0.2) is 24.3 Å². The maximum Gasteiger partial charge on any atom is 0.387 e. The molecule has 1 N–H and O–H groups in total. The van der Waals surface area contributed by atoms with Crippen LogP contribution in [0.25, 0.3) is 0 Å². The largest absolute Gasteiger partial charge is 0.434 e. The number of nitrogens with one attached hydrogen (secondary N) is 1. The van der Waals surface area contributed by atoms with E-state index in [1.807, 2.05) is 0 Å². The van der Waals surface area contributed by atoms with Gasteiger partial charge in [0.25, 0.3) is 0 Å². The van der Waals surface area contributed by atoms with Crippen molar-refractivity contribution in [1.29, 1.82) is 0 Å². The standard InChI is InChI=1S/C20H21F2N3O4/c21-19(22)29-16-4-2-1-3-14(16)6-5-13-9-25(10-13)20(27)24-8-7-17-15(11-24)23-18(26)12-28-17/h1-4,13,15,17,19H,7-12H2,(H,23,26)/t15-,17+/m1/s1. The van der Waals surface area contributed by atoms with E-state index in [4.69, 9.17) is 4.74 Å². The van der Waals surface area contributed by atoms with Gasteiger partial charge in [-0.3, -0.25) is 4.79 Å². The van der Waals surface area contributed by atoms with Gasteiger partial charge >= 0.3 is 12.6 Å². The van der Waals surface area contributed by atoms with E-state index in [1.165, 1.54) is 6.07 Å². The SMILES string of the molecule is O=C1CO[C@H]2CCN(C(=O)N3CC(C#Cc4ccccc4OC(F)F)C3)C[C@H]2N1. The number of carbonyl (C=O) groups excluding carboxylic acids is 2. The number of hydrogen-bond donors (Lipinski definition) is 1. The van der Waals surface area contributed by atoms with Gasteiger partial charge in [0.1, 0.15) is 12.4 Å². The number of hydrogen-bond acceptors (Lipinski definition) is 4. The minimum atomic E-state index is -2.90. The Hall–Kier alpha value is -2.86. The Balaban J connectivity index is 1.30. The molecule has 0 aromatic heterocycles. The quantitative estimate of drug-likeness (QED) is 0.753. The Kier molecular flexibility index (Phi) is 5.53. The number of amides is 3. The molecule has 4 rings (SSSR count). The topological polar surface area (TPSA) is 71.1 Å². The van der Waals surface area contributed by atoms with Gasteiger partial charge in [-0.2, -0.15) is 8.78 Å². The molecule has 0 saturated carbocycles. The normalized spacial score (nSPS) is 24.2. The second-order valence-corrected chi connectivity index (χ2v) is 7.29. The van der Waals surface area contributed by atoms with E-state index >= 15 is 0 Å². The van der Waals surface area contributed by atoms with E-state index < -0.39 is 6.61 Å². The number of alkyl halides is 2. The third kappa shape index (κ3) is 4.43. The number of ether oxygens (including phenoxy) is 2. The fourth-order valence-corrected chi connectivity index (χ4v) is 3.75. The number of rotatable bonds is 2. The number of fused-ring (bicyclic) bond motifs is 1. The van der Waals surface area contributed by atoms with Gasteiger partial charge in [-0.25, -0.2) is 4.79 Å². The van der Waals surface area contributed by atoms with Crippen LogP contribution in [0.5, 0.6) is 5.75 Å². The third-order valence-corrected chi connectivity index (χ3v) is 5.26. The first-order chi connectivity index (χ1) is 14.0. The van der Waals surface area contributed by atoms with E-state index in [2.05, 4.69) is 21.9 Å². The summed E-state index contributed by atoms with van der Waals surface area (Å²) >= 11 is 0. The van der Waals surface area contributed by atoms with Crippen molar-refractivity contribution in [2.75, 3.05) is 32.8 Å². The molecule has 0 radical (unpaired) electrons. The van der Waals surface area contributed by atoms with Crippen molar-refractivity contribution in [3.05, 3.63) is 29.8 Å². The Bertz CT molecular complexity index is 848. The Labute approximate surface area is 166 Å². The summed E-state index contributed by atoms with van der Waals surface area (Å²) in [4.78, 5) is 27.6. The first-order valence-electron chi connectivity index (χ1n) is 9.50. The Morgan fingerprint density at radius 1 is 1.24 bits per heavy atom. The number of nitrogens with zero attached hydrogens (tertiary/aromatic N) is 2. The second-order valence-electron chi connectivity index (χ2n) is 7.29. The van der Waals surface area contributed by atoms with Crippen LogP contribution in [0.4, 0.5) is 13.6 Å². The summed E-state index contributed by atoms with van der Waals surface area (Å²) in [6.45, 7) is -0.846. The molecule has 9 heteroatoms. The molecule has 3 amide bonds. The predicted molar refractivity (Wildman–Crippen MR) is 98.3 cm³/mol. The average molecular weight is 405 g/mol. The van der Waals surface area contributed by atoms with Gasteiger partial charge in [-0.15, -0.1) is 0 Å². The average Bonchev–Trinajstić information content (AvgIpc) is 2.66. The molecule has 3 saturated heterocycles. The highest BCUT2D eigenvalue weighted by molar-refractivity contribution is 5.79. The minimum Gasteiger partial charge on any atom is -0.434 e. The van der Waals surface area contributed by atoms with E-state index in [9.17, 15) is 18.4 Å². The maximum atomic E-state index is 12.7. The van der Waals surface area contributed by atoms with Crippen LogP contribution in [0.1, 0.15) is 12.0 Å². The van der Waals surface area contributed by atoms with Gasteiger partial charge in [0.15, 0.2) is 0 Å². The van der Waals surface area contributed by atoms with E-state index in [0.717, 1.165) is 0 Å². The smallest absolute Gasteiger partial charge is 0.387 e. The first kappa shape index (κ1) is 19.5. The summed E-state index contributed by atoms with van der Waals surface area (Å²) in [5, 5.41) is 2.88. The summed E-state index contributed by atoms with van der Waals surface area (Å²) in [6, 6.07) is 6.13. The van der Waals surface area contributed by atoms with Crippen LogP contribution >= 0.6 is 0 Å². The molecule has 7 nitrogen and oxygen atoms in total. The zero-order valence-corrected chi connectivity index (χ0v) is 15.6. The van der Waals surface area contributed by atoms with E-state index in [-0.39, 0.29) is 42.4 Å². The Morgan fingerprint density at radius 3 is 2.83 bits per heavy atom. The van der Waals surface area contributed by atoms with Gasteiger partial charge in [-0.1, -0.05) is 24.0 Å². The van der Waals surface area contributed by atoms with Crippen LogP contribution in [-0.2, 0) is 9.53 Å². The van der Waals surface area contributed by atoms with E-state index in [0.29, 0.717) is 38.2 Å². The van der Waals surface area contributed by atoms with Crippen molar-refractivity contribution >= 4 is 11.9 Å². The summed E-state index contributed by atoms with van der Waals surface area (Å²) in [5.74, 6) is 5.77. The number of para-hydroxylation sites is 1. The molecule has 3 heterocycles. The molecule has 0 bridgehead atoms. The zero-order chi connectivity index (χ0) is 20.4. The fraction of sp³-hybridized carbons (Fsp3) is 0.500. The Morgan fingerprint density at radius 2 is 2.03 bits per heavy atom. The number of piperidine rings is 1. The zero-order valence-electron chi connectivity index (χ0n) is 15.6. The van der Waals surface area contributed by atoms with Crippen LogP contribution < -0.4 is 10.1 Å². The highest BCUT2D eigenvalue weighted by atomic mass is 19.3. The van der Waals surface area contributed by atoms with Gasteiger partial charge in [-0.05, 0) is 18.6 Å². The minimum absolute atomic E-state index is 0.0196. The van der Waals surface area contributed by atoms with Gasteiger partial charge in [0, 0.05) is 26.2 Å². The number of urea groups is 1. The summed E-state index contributed by atoms with van der Waals surface area (Å²) in [5.41, 5.74) is 0.396. The number of benzene rings is 1. The molecule has 1 aromatic carbocycles. The fourth-order valence-electron chi connectivity index (χ4n) is 3.75. The predicted octanol–water partition coefficient (Wildman–Crippen LogP) is 1.28. The molecule has 1 aromatic rings. The van der Waals surface area contributed by atoms with Gasteiger partial charge in [0.2, 0.25) is 5.91 Å². The van der Waals surface area contributed by atoms with Crippen molar-refractivity contribution in [3.8, 4) is 17.6 Å². The number of morpholine rings is 1. The van der Waals surface area contributed by atoms with Crippen LogP contribution in [0.2, 0.25) is 0 Å². The molecule has 3 aliphatic heterocycles. The highest BCUT2D eigenvalue weighted by Gasteiger charge is 2.39. The van der Waals surface area contributed by atoms with Crippen molar-refractivity contribution in [1.82, 2.24) is 15.1 Å². The number of carbonyl (C=O) groups is 2. The lowest BCUT2D eigenvalue weighted by molar-refractivity contribution is -0.139. The highest BCUT2D eigenvalue weighted by Crippen LogP contribution is 2.23. The number of halogens is 2. The molecular formula is C20H21F2N3O4. The lowest BCUT2D eigenvalue weighted by Crippen LogP contribution is -2.64. The summed E-state index contributed by atoms with van der Waals surface area (Å²) in [7, 11) is 0.